The Morgan fingerprint density at radius 1 is 1.21 bits per heavy atom. The second-order valence-electron chi connectivity index (χ2n) is 6.44. The van der Waals surface area contributed by atoms with E-state index in [4.69, 9.17) is 27.6 Å². The summed E-state index contributed by atoms with van der Waals surface area (Å²) >= 11 is 12.4. The van der Waals surface area contributed by atoms with E-state index in [1.807, 2.05) is 32.9 Å². The number of halogens is 2. The molecule has 0 radical (unpaired) electrons. The molecule has 0 aliphatic carbocycles. The molecule has 7 nitrogen and oxygen atoms in total. The number of carbonyl (C=O) groups is 1. The van der Waals surface area contributed by atoms with E-state index in [1.165, 1.54) is 0 Å². The van der Waals surface area contributed by atoms with Crippen LogP contribution in [0.2, 0.25) is 10.0 Å². The fraction of sp³-hybridized carbons (Fsp3) is 0.368. The van der Waals surface area contributed by atoms with Crippen molar-refractivity contribution in [2.45, 2.75) is 40.3 Å². The molecule has 1 amide bonds. The molecule has 28 heavy (non-hydrogen) atoms. The Kier molecular flexibility index (Phi) is 6.36. The fourth-order valence-electron chi connectivity index (χ4n) is 2.84. The lowest BCUT2D eigenvalue weighted by molar-refractivity contribution is -0.133. The highest BCUT2D eigenvalue weighted by Gasteiger charge is 2.20. The second kappa shape index (κ2) is 8.75. The Morgan fingerprint density at radius 3 is 2.61 bits per heavy atom. The Bertz CT molecular complexity index is 983. The van der Waals surface area contributed by atoms with Gasteiger partial charge in [-0.05, 0) is 32.4 Å². The predicted octanol–water partition coefficient (Wildman–Crippen LogP) is 4.30. The van der Waals surface area contributed by atoms with Gasteiger partial charge in [-0.3, -0.25) is 9.48 Å². The summed E-state index contributed by atoms with van der Waals surface area (Å²) < 4.78 is 7.35. The van der Waals surface area contributed by atoms with Gasteiger partial charge in [0, 0.05) is 6.54 Å². The van der Waals surface area contributed by atoms with Gasteiger partial charge >= 0.3 is 0 Å². The summed E-state index contributed by atoms with van der Waals surface area (Å²) in [5.74, 6) is 0.583. The van der Waals surface area contributed by atoms with Gasteiger partial charge in [-0.15, -0.1) is 10.2 Å². The van der Waals surface area contributed by atoms with Crippen LogP contribution in [0.25, 0.3) is 11.5 Å². The van der Waals surface area contributed by atoms with E-state index in [0.29, 0.717) is 39.6 Å². The Hall–Kier alpha value is -2.38. The van der Waals surface area contributed by atoms with Crippen LogP contribution in [0.15, 0.2) is 28.7 Å². The lowest BCUT2D eigenvalue weighted by Gasteiger charge is -2.20. The van der Waals surface area contributed by atoms with Crippen LogP contribution in [0, 0.1) is 13.8 Å². The molecule has 148 valence electrons. The lowest BCUT2D eigenvalue weighted by atomic mass is 10.2. The first-order valence-corrected chi connectivity index (χ1v) is 9.70. The minimum absolute atomic E-state index is 0.0957. The van der Waals surface area contributed by atoms with Crippen molar-refractivity contribution in [3.63, 3.8) is 0 Å². The number of hydrogen-bond acceptors (Lipinski definition) is 5. The first kappa shape index (κ1) is 20.4. The molecule has 0 aliphatic heterocycles. The van der Waals surface area contributed by atoms with Crippen LogP contribution in [0.4, 0.5) is 0 Å². The minimum atomic E-state index is -0.0957. The molecule has 9 heteroatoms. The topological polar surface area (TPSA) is 77.0 Å². The van der Waals surface area contributed by atoms with Crippen LogP contribution >= 0.6 is 23.2 Å². The van der Waals surface area contributed by atoms with E-state index in [-0.39, 0.29) is 19.0 Å². The molecule has 2 heterocycles. The van der Waals surface area contributed by atoms with E-state index in [1.54, 1.807) is 21.7 Å². The van der Waals surface area contributed by atoms with Crippen LogP contribution in [-0.4, -0.2) is 37.3 Å². The summed E-state index contributed by atoms with van der Waals surface area (Å²) in [7, 11) is 0. The van der Waals surface area contributed by atoms with Crippen LogP contribution in [0.5, 0.6) is 0 Å². The van der Waals surface area contributed by atoms with E-state index in [0.717, 1.165) is 12.1 Å². The molecule has 0 N–H and O–H groups in total. The van der Waals surface area contributed by atoms with Crippen LogP contribution in [-0.2, 0) is 17.9 Å². The van der Waals surface area contributed by atoms with Crippen molar-refractivity contribution in [2.75, 3.05) is 6.54 Å². The summed E-state index contributed by atoms with van der Waals surface area (Å²) in [6, 6.07) is 7.24. The number of carbonyl (C=O) groups excluding carboxylic acids is 1. The van der Waals surface area contributed by atoms with Crippen LogP contribution < -0.4 is 0 Å². The molecule has 0 saturated carbocycles. The van der Waals surface area contributed by atoms with Crippen molar-refractivity contribution in [1.29, 1.82) is 0 Å². The van der Waals surface area contributed by atoms with Gasteiger partial charge in [-0.1, -0.05) is 42.3 Å². The summed E-state index contributed by atoms with van der Waals surface area (Å²) in [5, 5.41) is 13.6. The predicted molar refractivity (Wildman–Crippen MR) is 107 cm³/mol. The smallest absolute Gasteiger partial charge is 0.249 e. The maximum absolute atomic E-state index is 12.8. The number of nitrogens with zero attached hydrogens (tertiary/aromatic N) is 5. The first-order valence-electron chi connectivity index (χ1n) is 8.95. The van der Waals surface area contributed by atoms with Crippen molar-refractivity contribution in [3.05, 3.63) is 51.6 Å². The van der Waals surface area contributed by atoms with Gasteiger partial charge in [0.05, 0.1) is 33.5 Å². The fourth-order valence-corrected chi connectivity index (χ4v) is 3.20. The number of benzene rings is 1. The van der Waals surface area contributed by atoms with Gasteiger partial charge in [-0.2, -0.15) is 5.10 Å². The molecule has 0 spiro atoms. The van der Waals surface area contributed by atoms with Crippen molar-refractivity contribution in [3.8, 4) is 11.5 Å². The molecule has 0 fully saturated rings. The molecule has 0 bridgehead atoms. The quantitative estimate of drug-likeness (QED) is 0.568. The average Bonchev–Trinajstić information content (AvgIpc) is 3.22. The molecule has 0 unspecified atom stereocenters. The third kappa shape index (κ3) is 4.36. The third-order valence-electron chi connectivity index (χ3n) is 4.32. The van der Waals surface area contributed by atoms with E-state index >= 15 is 0 Å². The number of rotatable bonds is 7. The van der Waals surface area contributed by atoms with Crippen molar-refractivity contribution in [1.82, 2.24) is 24.9 Å². The molecule has 0 aliphatic rings. The van der Waals surface area contributed by atoms with E-state index in [2.05, 4.69) is 15.3 Å². The van der Waals surface area contributed by atoms with Crippen LogP contribution in [0.1, 0.15) is 30.6 Å². The summed E-state index contributed by atoms with van der Waals surface area (Å²) in [6.07, 6.45) is 0.801. The Labute approximate surface area is 173 Å². The standard InChI is InChI=1S/C19H21Cl2N5O2/c1-4-9-25(17(27)11-26-13(3)18(21)12(2)24-26)10-16-22-23-19(28-16)14-7-5-6-8-15(14)20/h5-8H,4,9-11H2,1-3H3. The van der Waals surface area contributed by atoms with Crippen molar-refractivity contribution in [2.24, 2.45) is 0 Å². The number of aromatic nitrogens is 4. The summed E-state index contributed by atoms with van der Waals surface area (Å²) in [5.41, 5.74) is 2.13. The summed E-state index contributed by atoms with van der Waals surface area (Å²) in [6.45, 7) is 6.55. The molecule has 0 atom stereocenters. The van der Waals surface area contributed by atoms with Gasteiger partial charge < -0.3 is 9.32 Å². The Morgan fingerprint density at radius 2 is 1.96 bits per heavy atom. The number of aryl methyl sites for hydroxylation is 1. The zero-order valence-corrected chi connectivity index (χ0v) is 17.5. The number of hydrogen-bond donors (Lipinski definition) is 0. The highest BCUT2D eigenvalue weighted by molar-refractivity contribution is 6.33. The average molecular weight is 422 g/mol. The molecule has 2 aromatic heterocycles. The molecule has 1 aromatic carbocycles. The molecule has 0 saturated heterocycles. The maximum Gasteiger partial charge on any atom is 0.249 e. The van der Waals surface area contributed by atoms with Gasteiger partial charge in [0.15, 0.2) is 0 Å². The number of amides is 1. The van der Waals surface area contributed by atoms with Gasteiger partial charge in [0.1, 0.15) is 6.54 Å². The zero-order chi connectivity index (χ0) is 20.3. The summed E-state index contributed by atoms with van der Waals surface area (Å²) in [4.78, 5) is 14.5. The normalized spacial score (nSPS) is 11.0. The third-order valence-corrected chi connectivity index (χ3v) is 5.20. The lowest BCUT2D eigenvalue weighted by Crippen LogP contribution is -2.34. The monoisotopic (exact) mass is 421 g/mol. The zero-order valence-electron chi connectivity index (χ0n) is 15.9. The SMILES string of the molecule is CCCN(Cc1nnc(-c2ccccc2Cl)o1)C(=O)Cn1nc(C)c(Cl)c1C. The highest BCUT2D eigenvalue weighted by Crippen LogP contribution is 2.26. The van der Waals surface area contributed by atoms with E-state index < -0.39 is 0 Å². The van der Waals surface area contributed by atoms with Crippen molar-refractivity contribution >= 4 is 29.1 Å². The molecular formula is C19H21Cl2N5O2. The van der Waals surface area contributed by atoms with E-state index in [9.17, 15) is 4.79 Å². The molecule has 3 aromatic rings. The molecule has 3 rings (SSSR count). The van der Waals surface area contributed by atoms with Crippen LogP contribution in [0.3, 0.4) is 0 Å². The van der Waals surface area contributed by atoms with Crippen molar-refractivity contribution < 1.29 is 9.21 Å². The largest absolute Gasteiger partial charge is 0.419 e. The molecular weight excluding hydrogens is 401 g/mol. The van der Waals surface area contributed by atoms with Gasteiger partial charge in [0.25, 0.3) is 0 Å². The van der Waals surface area contributed by atoms with Gasteiger partial charge in [0.2, 0.25) is 17.7 Å². The first-order chi connectivity index (χ1) is 13.4. The Balaban J connectivity index is 1.75. The highest BCUT2D eigenvalue weighted by atomic mass is 35.5. The maximum atomic E-state index is 12.8. The van der Waals surface area contributed by atoms with Gasteiger partial charge in [-0.25, -0.2) is 0 Å². The second-order valence-corrected chi connectivity index (χ2v) is 7.22. The minimum Gasteiger partial charge on any atom is -0.419 e.